The molecule has 2 aliphatic rings. The number of aliphatic hydroxyl groups excluding tert-OH is 1. The number of hydrogen-bond donors (Lipinski definition) is 3. The number of carbonyl (C=O) groups is 3. The molecule has 1 aliphatic heterocycles. The molecule has 1 unspecified atom stereocenters. The maximum absolute atomic E-state index is 14.2. The maximum Gasteiger partial charge on any atom is 0.245 e. The number of ether oxygens (including phenoxy) is 1. The number of aliphatic hydroxyl groups is 1. The Morgan fingerprint density at radius 3 is 2.64 bits per heavy atom. The van der Waals surface area contributed by atoms with Crippen LogP contribution in [0.25, 0.3) is 10.9 Å². The van der Waals surface area contributed by atoms with E-state index in [2.05, 4.69) is 15.7 Å². The SMILES string of the molecule is CC(O)c1nn(CC(=O)N(CC(=O)NCc2cccc(Cl)c2F)C2CC2)c2ccc(NC(=O)CN3CCOCC3)cc12. The summed E-state index contributed by atoms with van der Waals surface area (Å²) in [5.74, 6) is -1.46. The average molecular weight is 601 g/mol. The molecule has 1 atom stereocenters. The Balaban J connectivity index is 1.26. The minimum Gasteiger partial charge on any atom is -0.387 e. The van der Waals surface area contributed by atoms with E-state index in [1.165, 1.54) is 21.7 Å². The fourth-order valence-corrected chi connectivity index (χ4v) is 5.18. The molecule has 5 rings (SSSR count). The number of anilines is 1. The highest BCUT2D eigenvalue weighted by Gasteiger charge is 2.34. The quantitative estimate of drug-likeness (QED) is 0.308. The van der Waals surface area contributed by atoms with Crippen molar-refractivity contribution in [2.75, 3.05) is 44.7 Å². The minimum absolute atomic E-state index is 0.0259. The lowest BCUT2D eigenvalue weighted by molar-refractivity contribution is -0.137. The van der Waals surface area contributed by atoms with Crippen LogP contribution >= 0.6 is 11.6 Å². The second kappa shape index (κ2) is 13.2. The summed E-state index contributed by atoms with van der Waals surface area (Å²) in [7, 11) is 0. The van der Waals surface area contributed by atoms with E-state index in [0.717, 1.165) is 12.8 Å². The molecule has 0 spiro atoms. The predicted molar refractivity (Wildman–Crippen MR) is 154 cm³/mol. The number of benzene rings is 2. The van der Waals surface area contributed by atoms with E-state index in [1.54, 1.807) is 31.2 Å². The van der Waals surface area contributed by atoms with E-state index >= 15 is 0 Å². The van der Waals surface area contributed by atoms with Gasteiger partial charge in [0.15, 0.2) is 0 Å². The molecule has 2 aromatic carbocycles. The molecule has 1 saturated heterocycles. The van der Waals surface area contributed by atoms with Crippen LogP contribution in [0.4, 0.5) is 10.1 Å². The van der Waals surface area contributed by atoms with Crippen LogP contribution in [0, 0.1) is 5.82 Å². The van der Waals surface area contributed by atoms with E-state index < -0.39 is 17.8 Å². The van der Waals surface area contributed by atoms with Crippen molar-refractivity contribution in [1.82, 2.24) is 24.9 Å². The Morgan fingerprint density at radius 2 is 1.93 bits per heavy atom. The van der Waals surface area contributed by atoms with Crippen LogP contribution in [0.5, 0.6) is 0 Å². The number of aromatic nitrogens is 2. The number of nitrogens with zero attached hydrogens (tertiary/aromatic N) is 4. The molecule has 1 saturated carbocycles. The van der Waals surface area contributed by atoms with Gasteiger partial charge in [-0.05, 0) is 44.0 Å². The van der Waals surface area contributed by atoms with Crippen LogP contribution in [-0.2, 0) is 32.2 Å². The molecule has 0 bridgehead atoms. The van der Waals surface area contributed by atoms with Crippen LogP contribution in [0.3, 0.4) is 0 Å². The van der Waals surface area contributed by atoms with Crippen molar-refractivity contribution in [1.29, 1.82) is 0 Å². The lowest BCUT2D eigenvalue weighted by Gasteiger charge is -2.25. The summed E-state index contributed by atoms with van der Waals surface area (Å²) in [4.78, 5) is 42.2. The summed E-state index contributed by atoms with van der Waals surface area (Å²) in [6.45, 7) is 4.05. The van der Waals surface area contributed by atoms with Gasteiger partial charge in [0, 0.05) is 42.3 Å². The van der Waals surface area contributed by atoms with Gasteiger partial charge < -0.3 is 25.4 Å². The summed E-state index contributed by atoms with van der Waals surface area (Å²) in [6.07, 6.45) is 0.656. The third-order valence-electron chi connectivity index (χ3n) is 7.34. The summed E-state index contributed by atoms with van der Waals surface area (Å²) in [5.41, 5.74) is 1.80. The first-order chi connectivity index (χ1) is 20.2. The number of morpholine rings is 1. The van der Waals surface area contributed by atoms with Crippen LogP contribution in [0.15, 0.2) is 36.4 Å². The number of nitrogens with one attached hydrogen (secondary N) is 2. The molecule has 3 aromatic rings. The average Bonchev–Trinajstić information content (AvgIpc) is 3.74. The summed E-state index contributed by atoms with van der Waals surface area (Å²) in [6, 6.07) is 9.73. The Morgan fingerprint density at radius 1 is 1.17 bits per heavy atom. The van der Waals surface area contributed by atoms with Gasteiger partial charge >= 0.3 is 0 Å². The lowest BCUT2D eigenvalue weighted by Crippen LogP contribution is -2.43. The van der Waals surface area contributed by atoms with Crippen LogP contribution in [-0.4, -0.2) is 87.8 Å². The van der Waals surface area contributed by atoms with Crippen molar-refractivity contribution in [2.45, 2.75) is 45.0 Å². The Kier molecular flexibility index (Phi) is 9.37. The molecule has 1 aromatic heterocycles. The molecule has 3 N–H and O–H groups in total. The van der Waals surface area contributed by atoms with Gasteiger partial charge in [0.1, 0.15) is 12.4 Å². The van der Waals surface area contributed by atoms with Crippen molar-refractivity contribution in [2.24, 2.45) is 0 Å². The minimum atomic E-state index is -0.916. The molecule has 0 radical (unpaired) electrons. The first-order valence-corrected chi connectivity index (χ1v) is 14.3. The monoisotopic (exact) mass is 600 g/mol. The molecular formula is C29H34ClFN6O5. The topological polar surface area (TPSA) is 129 Å². The molecular weight excluding hydrogens is 567 g/mol. The van der Waals surface area contributed by atoms with Crippen molar-refractivity contribution in [3.05, 3.63) is 58.5 Å². The largest absolute Gasteiger partial charge is 0.387 e. The van der Waals surface area contributed by atoms with E-state index in [9.17, 15) is 23.9 Å². The zero-order valence-corrected chi connectivity index (χ0v) is 24.1. The summed E-state index contributed by atoms with van der Waals surface area (Å²) >= 11 is 5.82. The highest BCUT2D eigenvalue weighted by atomic mass is 35.5. The molecule has 2 fully saturated rings. The molecule has 2 heterocycles. The lowest BCUT2D eigenvalue weighted by atomic mass is 10.1. The first kappa shape index (κ1) is 29.9. The van der Waals surface area contributed by atoms with Gasteiger partial charge in [-0.3, -0.25) is 24.0 Å². The van der Waals surface area contributed by atoms with Crippen LogP contribution in [0.1, 0.15) is 37.1 Å². The zero-order valence-electron chi connectivity index (χ0n) is 23.3. The molecule has 11 nitrogen and oxygen atoms in total. The van der Waals surface area contributed by atoms with Gasteiger partial charge in [0.2, 0.25) is 17.7 Å². The highest BCUT2D eigenvalue weighted by molar-refractivity contribution is 6.30. The zero-order chi connectivity index (χ0) is 29.8. The fourth-order valence-electron chi connectivity index (χ4n) is 4.99. The summed E-state index contributed by atoms with van der Waals surface area (Å²) < 4.78 is 21.0. The molecule has 42 heavy (non-hydrogen) atoms. The second-order valence-electron chi connectivity index (χ2n) is 10.6. The fraction of sp³-hybridized carbons (Fsp3) is 0.448. The van der Waals surface area contributed by atoms with Gasteiger partial charge in [0.05, 0.1) is 48.6 Å². The van der Waals surface area contributed by atoms with Crippen LogP contribution < -0.4 is 10.6 Å². The van der Waals surface area contributed by atoms with Crippen molar-refractivity contribution < 1.29 is 28.6 Å². The number of hydrogen-bond acceptors (Lipinski definition) is 7. The van der Waals surface area contributed by atoms with Gasteiger partial charge in [-0.25, -0.2) is 4.39 Å². The Hall–Kier alpha value is -3.58. The molecule has 224 valence electrons. The third-order valence-corrected chi connectivity index (χ3v) is 7.64. The normalized spacial score (nSPS) is 16.3. The van der Waals surface area contributed by atoms with Crippen molar-refractivity contribution in [3.63, 3.8) is 0 Å². The number of carbonyl (C=O) groups excluding carboxylic acids is 3. The summed E-state index contributed by atoms with van der Waals surface area (Å²) in [5, 5.41) is 21.1. The number of rotatable bonds is 11. The molecule has 13 heteroatoms. The van der Waals surface area contributed by atoms with Crippen LogP contribution in [0.2, 0.25) is 5.02 Å². The smallest absolute Gasteiger partial charge is 0.245 e. The van der Waals surface area contributed by atoms with Gasteiger partial charge in [-0.15, -0.1) is 0 Å². The van der Waals surface area contributed by atoms with E-state index in [4.69, 9.17) is 16.3 Å². The first-order valence-electron chi connectivity index (χ1n) is 14.0. The molecule has 3 amide bonds. The van der Waals surface area contributed by atoms with E-state index in [0.29, 0.717) is 48.6 Å². The predicted octanol–water partition coefficient (Wildman–Crippen LogP) is 2.46. The Bertz CT molecular complexity index is 1470. The van der Waals surface area contributed by atoms with Crippen molar-refractivity contribution >= 4 is 45.9 Å². The highest BCUT2D eigenvalue weighted by Crippen LogP contribution is 2.29. The van der Waals surface area contributed by atoms with E-state index in [1.807, 2.05) is 4.90 Å². The van der Waals surface area contributed by atoms with Gasteiger partial charge in [0.25, 0.3) is 0 Å². The molecule has 1 aliphatic carbocycles. The standard InChI is InChI=1S/C29H34ClFN6O5/c1-18(38)29-22-13-20(33-26(40)15-35-9-11-42-12-10-35)5-8-24(22)37(34-29)17-27(41)36(21-6-7-21)16-25(39)32-14-19-3-2-4-23(30)28(19)31/h2-5,8,13,18,21,38H,6-7,9-12,14-17H2,1H3,(H,32,39)(H,33,40). The van der Waals surface area contributed by atoms with E-state index in [-0.39, 0.29) is 54.6 Å². The second-order valence-corrected chi connectivity index (χ2v) is 11.0. The number of amides is 3. The van der Waals surface area contributed by atoms with Gasteiger partial charge in [-0.2, -0.15) is 5.10 Å². The number of halogens is 2. The third kappa shape index (κ3) is 7.24. The van der Waals surface area contributed by atoms with Gasteiger partial charge in [-0.1, -0.05) is 23.7 Å². The maximum atomic E-state index is 14.2. The Labute approximate surface area is 247 Å². The number of fused-ring (bicyclic) bond motifs is 1. The van der Waals surface area contributed by atoms with Crippen molar-refractivity contribution in [3.8, 4) is 0 Å².